The third-order valence-corrected chi connectivity index (χ3v) is 8.22. The molecule has 0 aliphatic rings. The monoisotopic (exact) mass is 669 g/mol. The van der Waals surface area contributed by atoms with Gasteiger partial charge in [0.05, 0.1) is 12.3 Å². The Kier molecular flexibility index (Phi) is 17.2. The number of allylic oxidation sites excluding steroid dienone is 1. The number of nitrogens with one attached hydrogen (secondary N) is 1. The van der Waals surface area contributed by atoms with Crippen LogP contribution in [0, 0.1) is 11.7 Å². The second-order valence-electron chi connectivity index (χ2n) is 12.2. The molecule has 48 heavy (non-hydrogen) atoms. The average molecular weight is 670 g/mol. The van der Waals surface area contributed by atoms with Crippen molar-refractivity contribution in [1.29, 1.82) is 0 Å². The number of unbranched alkanes of at least 4 members (excludes halogenated alkanes) is 8. The molecule has 0 aliphatic carbocycles. The Morgan fingerprint density at radius 2 is 1.46 bits per heavy atom. The molecule has 1 amide bonds. The van der Waals surface area contributed by atoms with Gasteiger partial charge in [-0.05, 0) is 54.5 Å². The van der Waals surface area contributed by atoms with Crippen LogP contribution in [0.1, 0.15) is 96.0 Å². The Hall–Kier alpha value is -4.38. The molecule has 0 spiro atoms. The van der Waals surface area contributed by atoms with Crippen LogP contribution in [0.2, 0.25) is 0 Å². The van der Waals surface area contributed by atoms with Crippen LogP contribution in [0.25, 0.3) is 11.1 Å². The number of hydrogen-bond donors (Lipinski definition) is 5. The van der Waals surface area contributed by atoms with Crippen molar-refractivity contribution < 1.29 is 48.8 Å². The Bertz CT molecular complexity index is 1390. The molecule has 0 radical (unpaired) electrons. The van der Waals surface area contributed by atoms with E-state index in [4.69, 9.17) is 0 Å². The lowest BCUT2D eigenvalue weighted by Crippen LogP contribution is -2.55. The molecule has 5 N–H and O–H groups in total. The van der Waals surface area contributed by atoms with Gasteiger partial charge in [0.15, 0.2) is 5.60 Å². The number of Topliss-reactive ketones (excluding diaryl/α,β-unsaturated/α-hetero) is 1. The summed E-state index contributed by atoms with van der Waals surface area (Å²) in [6.07, 6.45) is 11.0. The molecule has 3 atom stereocenters. The van der Waals surface area contributed by atoms with E-state index in [1.54, 1.807) is 36.4 Å². The number of benzene rings is 2. The predicted molar refractivity (Wildman–Crippen MR) is 179 cm³/mol. The largest absolute Gasteiger partial charge is 0.481 e. The number of carbonyl (C=O) groups excluding carboxylic acids is 2. The number of aliphatic carboxylic acids is 3. The lowest BCUT2D eigenvalue weighted by atomic mass is 9.82. The van der Waals surface area contributed by atoms with E-state index < -0.39 is 53.6 Å². The first-order valence-electron chi connectivity index (χ1n) is 16.6. The zero-order valence-corrected chi connectivity index (χ0v) is 27.5. The van der Waals surface area contributed by atoms with Crippen molar-refractivity contribution in [3.05, 3.63) is 72.1 Å². The van der Waals surface area contributed by atoms with Gasteiger partial charge in [0.1, 0.15) is 17.6 Å². The fourth-order valence-corrected chi connectivity index (χ4v) is 5.43. The Balaban J connectivity index is 2.03. The van der Waals surface area contributed by atoms with Gasteiger partial charge >= 0.3 is 17.9 Å². The van der Waals surface area contributed by atoms with Gasteiger partial charge in [0.25, 0.3) is 0 Å². The summed E-state index contributed by atoms with van der Waals surface area (Å²) in [6, 6.07) is 11.0. The normalized spacial score (nSPS) is 13.8. The van der Waals surface area contributed by atoms with E-state index in [-0.39, 0.29) is 12.2 Å². The molecule has 2 aromatic carbocycles. The van der Waals surface area contributed by atoms with E-state index >= 15 is 0 Å². The number of rotatable bonds is 24. The van der Waals surface area contributed by atoms with Gasteiger partial charge in [-0.15, -0.1) is 0 Å². The summed E-state index contributed by atoms with van der Waals surface area (Å²) in [5.41, 5.74) is -1.24. The van der Waals surface area contributed by atoms with Gasteiger partial charge in [-0.25, -0.2) is 14.0 Å². The number of hydrogen-bond acceptors (Lipinski definition) is 6. The van der Waals surface area contributed by atoms with Crippen LogP contribution in [-0.4, -0.2) is 61.7 Å². The number of amides is 1. The molecule has 2 aromatic rings. The standard InChI is InChI=1S/C37H48FNO9/c1-2-3-4-7-10-16-30(40)17-11-8-5-6-9-12-18-31(37(48,36(46)47)25-33(41)42)34(43)39-32(35(44)45)23-26-19-21-27(22-20-26)28-14-13-15-29(38)24-28/h12-15,18-22,24,31-32,48H,2-11,16-17,23,25H2,1H3,(H,39,43)(H,41,42)(H,44,45)(H,46,47)/t31-,32+,37+/m1/s1. The molecule has 262 valence electrons. The van der Waals surface area contributed by atoms with E-state index in [0.29, 0.717) is 42.4 Å². The molecule has 11 heteroatoms. The van der Waals surface area contributed by atoms with Crippen LogP contribution in [0.3, 0.4) is 0 Å². The van der Waals surface area contributed by atoms with Gasteiger partial charge in [0, 0.05) is 19.3 Å². The Morgan fingerprint density at radius 3 is 2.02 bits per heavy atom. The first-order chi connectivity index (χ1) is 22.9. The van der Waals surface area contributed by atoms with E-state index in [2.05, 4.69) is 12.2 Å². The fourth-order valence-electron chi connectivity index (χ4n) is 5.43. The number of aliphatic hydroxyl groups is 1. The van der Waals surface area contributed by atoms with Crippen LogP contribution in [0.15, 0.2) is 60.7 Å². The molecular weight excluding hydrogens is 621 g/mol. The van der Waals surface area contributed by atoms with Gasteiger partial charge in [-0.3, -0.25) is 14.4 Å². The highest BCUT2D eigenvalue weighted by Crippen LogP contribution is 2.26. The summed E-state index contributed by atoms with van der Waals surface area (Å²) in [5.74, 6) is -8.24. The minimum atomic E-state index is -3.04. The number of carboxylic acids is 3. The number of halogens is 1. The summed E-state index contributed by atoms with van der Waals surface area (Å²) in [6.45, 7) is 2.14. The van der Waals surface area contributed by atoms with E-state index in [1.807, 2.05) is 0 Å². The van der Waals surface area contributed by atoms with Crippen molar-refractivity contribution in [3.8, 4) is 11.1 Å². The Labute approximate surface area is 281 Å². The first-order valence-corrected chi connectivity index (χ1v) is 16.6. The zero-order valence-electron chi connectivity index (χ0n) is 27.5. The maximum absolute atomic E-state index is 13.6. The van der Waals surface area contributed by atoms with Crippen molar-refractivity contribution in [1.82, 2.24) is 5.32 Å². The third kappa shape index (κ3) is 13.8. The fraction of sp³-hybridized carbons (Fsp3) is 0.486. The van der Waals surface area contributed by atoms with Crippen LogP contribution >= 0.6 is 0 Å². The quantitative estimate of drug-likeness (QED) is 0.0630. The molecule has 0 aromatic heterocycles. The number of carboxylic acid groups (broad SMARTS) is 3. The SMILES string of the molecule is CCCCCCCC(=O)CCCCCCC=C[C@H](C(=O)N[C@@H](Cc1ccc(-c2cccc(F)c2)cc1)C(=O)O)[C@@](O)(CC(=O)O)C(=O)O. The summed E-state index contributed by atoms with van der Waals surface area (Å²) >= 11 is 0. The second kappa shape index (κ2) is 20.8. The van der Waals surface area contributed by atoms with E-state index in [1.165, 1.54) is 24.6 Å². The van der Waals surface area contributed by atoms with Crippen molar-refractivity contribution >= 4 is 29.6 Å². The molecule has 0 aliphatic heterocycles. The molecule has 0 bridgehead atoms. The highest BCUT2D eigenvalue weighted by atomic mass is 19.1. The predicted octanol–water partition coefficient (Wildman–Crippen LogP) is 6.34. The Morgan fingerprint density at radius 1 is 0.833 bits per heavy atom. The van der Waals surface area contributed by atoms with Crippen molar-refractivity contribution in [2.75, 3.05) is 0 Å². The first kappa shape index (κ1) is 39.8. The summed E-state index contributed by atoms with van der Waals surface area (Å²) < 4.78 is 13.6. The van der Waals surface area contributed by atoms with Gasteiger partial charge < -0.3 is 25.7 Å². The van der Waals surface area contributed by atoms with Crippen LogP contribution in [0.5, 0.6) is 0 Å². The minimum Gasteiger partial charge on any atom is -0.481 e. The topological polar surface area (TPSA) is 178 Å². The number of ketones is 1. The van der Waals surface area contributed by atoms with Gasteiger partial charge in [-0.1, -0.05) is 94.0 Å². The minimum absolute atomic E-state index is 0.202. The second-order valence-corrected chi connectivity index (χ2v) is 12.2. The summed E-state index contributed by atoms with van der Waals surface area (Å²) in [4.78, 5) is 61.0. The smallest absolute Gasteiger partial charge is 0.337 e. The molecule has 0 unspecified atom stereocenters. The maximum Gasteiger partial charge on any atom is 0.337 e. The van der Waals surface area contributed by atoms with Crippen molar-refractivity contribution in [2.45, 2.75) is 108 Å². The molecule has 0 saturated carbocycles. The molecule has 2 rings (SSSR count). The van der Waals surface area contributed by atoms with Crippen molar-refractivity contribution in [2.24, 2.45) is 5.92 Å². The molecule has 10 nitrogen and oxygen atoms in total. The highest BCUT2D eigenvalue weighted by Gasteiger charge is 2.49. The molecular formula is C37H48FNO9. The number of carbonyl (C=O) groups is 5. The maximum atomic E-state index is 13.6. The lowest BCUT2D eigenvalue weighted by molar-refractivity contribution is -0.172. The summed E-state index contributed by atoms with van der Waals surface area (Å²) in [7, 11) is 0. The lowest BCUT2D eigenvalue weighted by Gasteiger charge is -2.29. The van der Waals surface area contributed by atoms with E-state index in [0.717, 1.165) is 51.0 Å². The molecule has 0 heterocycles. The zero-order chi connectivity index (χ0) is 35.5. The van der Waals surface area contributed by atoms with Crippen LogP contribution in [0.4, 0.5) is 4.39 Å². The molecule has 0 saturated heterocycles. The van der Waals surface area contributed by atoms with Crippen molar-refractivity contribution in [3.63, 3.8) is 0 Å². The third-order valence-electron chi connectivity index (χ3n) is 8.22. The van der Waals surface area contributed by atoms with Crippen LogP contribution in [-0.2, 0) is 30.4 Å². The summed E-state index contributed by atoms with van der Waals surface area (Å²) in [5, 5.41) is 42.1. The van der Waals surface area contributed by atoms with Gasteiger partial charge in [-0.2, -0.15) is 0 Å². The highest BCUT2D eigenvalue weighted by molar-refractivity contribution is 5.94. The molecule has 0 fully saturated rings. The van der Waals surface area contributed by atoms with Crippen LogP contribution < -0.4 is 5.32 Å². The average Bonchev–Trinajstić information content (AvgIpc) is 3.03. The van der Waals surface area contributed by atoms with E-state index in [9.17, 15) is 48.8 Å². The van der Waals surface area contributed by atoms with Gasteiger partial charge in [0.2, 0.25) is 5.91 Å².